The van der Waals surface area contributed by atoms with Gasteiger partial charge < -0.3 is 5.11 Å². The fourth-order valence-electron chi connectivity index (χ4n) is 4.27. The number of aryl methyl sites for hydroxylation is 1. The summed E-state index contributed by atoms with van der Waals surface area (Å²) in [6, 6.07) is 8.21. The third-order valence-corrected chi connectivity index (χ3v) is 4.75. The molecule has 1 atom stereocenters. The van der Waals surface area contributed by atoms with Crippen molar-refractivity contribution in [2.75, 3.05) is 0 Å². The monoisotopic (exact) mass is 327 g/mol. The van der Waals surface area contributed by atoms with Gasteiger partial charge in [0.1, 0.15) is 11.3 Å². The normalized spacial score (nSPS) is 14.1. The summed E-state index contributed by atoms with van der Waals surface area (Å²) in [6.07, 6.45) is 3.27. The van der Waals surface area contributed by atoms with E-state index in [0.29, 0.717) is 17.1 Å². The average molecular weight is 328 g/mol. The van der Waals surface area contributed by atoms with Crippen molar-refractivity contribution in [3.63, 3.8) is 0 Å². The van der Waals surface area contributed by atoms with Crippen molar-refractivity contribution in [2.45, 2.75) is 73.6 Å². The van der Waals surface area contributed by atoms with Crippen LogP contribution in [0.1, 0.15) is 78.0 Å². The molecule has 0 aliphatic carbocycles. The minimum Gasteiger partial charge on any atom is -0.505 e. The first kappa shape index (κ1) is 18.8. The summed E-state index contributed by atoms with van der Waals surface area (Å²) in [5, 5.41) is 11.8. The van der Waals surface area contributed by atoms with E-state index in [4.69, 9.17) is 0 Å². The second-order valence-electron chi connectivity index (χ2n) is 9.24. The second kappa shape index (κ2) is 6.74. The molecule has 1 aromatic heterocycles. The lowest BCUT2D eigenvalue weighted by Gasteiger charge is -2.35. The Morgan fingerprint density at radius 2 is 1.67 bits per heavy atom. The Morgan fingerprint density at radius 1 is 1.04 bits per heavy atom. The van der Waals surface area contributed by atoms with E-state index in [0.717, 1.165) is 35.0 Å². The molecule has 0 bridgehead atoms. The number of nitrogens with zero attached hydrogens (tertiary/aromatic N) is 1. The standard InChI is InChI=1S/C22H33NO/c1-8-16(13-22(6,7)14-21(3,4)5)18-12-11-17-10-9-15(2)23-19(17)20(18)24/h9-12,16,24H,8,13-14H2,1-7H3. The minimum atomic E-state index is 0.236. The number of fused-ring (bicyclic) bond motifs is 1. The summed E-state index contributed by atoms with van der Waals surface area (Å²) in [4.78, 5) is 4.56. The molecule has 1 aromatic carbocycles. The van der Waals surface area contributed by atoms with Crippen molar-refractivity contribution in [1.29, 1.82) is 0 Å². The van der Waals surface area contributed by atoms with Gasteiger partial charge in [-0.3, -0.25) is 0 Å². The van der Waals surface area contributed by atoms with Crippen molar-refractivity contribution in [3.05, 3.63) is 35.5 Å². The summed E-state index contributed by atoms with van der Waals surface area (Å²) in [7, 11) is 0. The topological polar surface area (TPSA) is 33.1 Å². The molecule has 2 aromatic rings. The van der Waals surface area contributed by atoms with E-state index in [1.165, 1.54) is 6.42 Å². The summed E-state index contributed by atoms with van der Waals surface area (Å²) < 4.78 is 0. The first-order valence-corrected chi connectivity index (χ1v) is 9.12. The molecule has 0 saturated heterocycles. The molecule has 0 radical (unpaired) electrons. The first-order chi connectivity index (χ1) is 11.0. The smallest absolute Gasteiger partial charge is 0.145 e. The van der Waals surface area contributed by atoms with Crippen LogP contribution in [0.3, 0.4) is 0 Å². The van der Waals surface area contributed by atoms with Crippen LogP contribution >= 0.6 is 0 Å². The zero-order valence-corrected chi connectivity index (χ0v) is 16.4. The number of aromatic hydroxyl groups is 1. The maximum absolute atomic E-state index is 10.8. The van der Waals surface area contributed by atoms with Gasteiger partial charge in [-0.25, -0.2) is 4.98 Å². The summed E-state index contributed by atoms with van der Waals surface area (Å²) in [5.74, 6) is 0.726. The Labute approximate surface area is 147 Å². The number of phenols is 1. The molecule has 2 heteroatoms. The molecule has 0 aliphatic heterocycles. The Morgan fingerprint density at radius 3 is 2.25 bits per heavy atom. The van der Waals surface area contributed by atoms with Crippen LogP contribution in [0.25, 0.3) is 10.9 Å². The fraction of sp³-hybridized carbons (Fsp3) is 0.591. The van der Waals surface area contributed by atoms with E-state index in [1.807, 2.05) is 19.1 Å². The fourth-order valence-corrected chi connectivity index (χ4v) is 4.27. The van der Waals surface area contributed by atoms with E-state index in [2.05, 4.69) is 58.7 Å². The molecule has 2 rings (SSSR count). The van der Waals surface area contributed by atoms with Crippen molar-refractivity contribution in [2.24, 2.45) is 10.8 Å². The highest BCUT2D eigenvalue weighted by atomic mass is 16.3. The number of aromatic nitrogens is 1. The number of benzene rings is 1. The van der Waals surface area contributed by atoms with Gasteiger partial charge in [0, 0.05) is 11.1 Å². The van der Waals surface area contributed by atoms with Crippen LogP contribution in [0.2, 0.25) is 0 Å². The van der Waals surface area contributed by atoms with Crippen molar-refractivity contribution >= 4 is 10.9 Å². The summed E-state index contributed by atoms with van der Waals surface area (Å²) in [5.41, 5.74) is 3.27. The SMILES string of the molecule is CCC(CC(C)(C)CC(C)(C)C)c1ccc2ccc(C)nc2c1O. The van der Waals surface area contributed by atoms with Gasteiger partial charge in [-0.05, 0) is 54.6 Å². The third-order valence-electron chi connectivity index (χ3n) is 4.75. The van der Waals surface area contributed by atoms with Crippen molar-refractivity contribution in [1.82, 2.24) is 4.98 Å². The largest absolute Gasteiger partial charge is 0.505 e. The molecule has 24 heavy (non-hydrogen) atoms. The van der Waals surface area contributed by atoms with Gasteiger partial charge in [0.05, 0.1) is 0 Å². The molecule has 132 valence electrons. The van der Waals surface area contributed by atoms with Gasteiger partial charge in [-0.2, -0.15) is 0 Å². The Bertz CT molecular complexity index is 710. The zero-order chi connectivity index (χ0) is 18.1. The number of rotatable bonds is 5. The summed E-state index contributed by atoms with van der Waals surface area (Å²) in [6.45, 7) is 15.8. The molecule has 0 fully saturated rings. The van der Waals surface area contributed by atoms with Gasteiger partial charge >= 0.3 is 0 Å². The number of phenolic OH excluding ortho intramolecular Hbond substituents is 1. The van der Waals surface area contributed by atoms with E-state index >= 15 is 0 Å². The minimum absolute atomic E-state index is 0.236. The number of pyridine rings is 1. The van der Waals surface area contributed by atoms with Crippen molar-refractivity contribution in [3.8, 4) is 5.75 Å². The predicted molar refractivity (Wildman–Crippen MR) is 104 cm³/mol. The zero-order valence-electron chi connectivity index (χ0n) is 16.4. The Kier molecular flexibility index (Phi) is 5.27. The molecule has 0 spiro atoms. The molecule has 0 amide bonds. The molecule has 2 nitrogen and oxygen atoms in total. The lowest BCUT2D eigenvalue weighted by Crippen LogP contribution is -2.23. The van der Waals surface area contributed by atoms with Gasteiger partial charge in [0.25, 0.3) is 0 Å². The highest BCUT2D eigenvalue weighted by Crippen LogP contribution is 2.44. The predicted octanol–water partition coefficient (Wildman–Crippen LogP) is 6.59. The molecule has 1 unspecified atom stereocenters. The first-order valence-electron chi connectivity index (χ1n) is 9.12. The number of hydrogen-bond acceptors (Lipinski definition) is 2. The van der Waals surface area contributed by atoms with Gasteiger partial charge in [0.15, 0.2) is 0 Å². The lowest BCUT2D eigenvalue weighted by molar-refractivity contribution is 0.185. The Hall–Kier alpha value is -1.57. The van der Waals surface area contributed by atoms with E-state index in [1.54, 1.807) is 0 Å². The van der Waals surface area contributed by atoms with Crippen LogP contribution in [0.15, 0.2) is 24.3 Å². The average Bonchev–Trinajstić information content (AvgIpc) is 2.43. The maximum atomic E-state index is 10.8. The summed E-state index contributed by atoms with van der Waals surface area (Å²) >= 11 is 0. The van der Waals surface area contributed by atoms with Crippen LogP contribution in [-0.4, -0.2) is 10.1 Å². The second-order valence-corrected chi connectivity index (χ2v) is 9.24. The van der Waals surface area contributed by atoms with Crippen LogP contribution in [0.4, 0.5) is 0 Å². The molecule has 1 N–H and O–H groups in total. The van der Waals surface area contributed by atoms with E-state index in [-0.39, 0.29) is 5.41 Å². The highest BCUT2D eigenvalue weighted by Gasteiger charge is 2.29. The van der Waals surface area contributed by atoms with Gasteiger partial charge in [0.2, 0.25) is 0 Å². The van der Waals surface area contributed by atoms with Crippen LogP contribution in [0, 0.1) is 17.8 Å². The lowest BCUT2D eigenvalue weighted by atomic mass is 9.70. The molecule has 0 aliphatic rings. The third kappa shape index (κ3) is 4.49. The Balaban J connectivity index is 2.37. The molecule has 0 saturated carbocycles. The van der Waals surface area contributed by atoms with Crippen LogP contribution < -0.4 is 0 Å². The highest BCUT2D eigenvalue weighted by molar-refractivity contribution is 5.85. The van der Waals surface area contributed by atoms with E-state index in [9.17, 15) is 5.11 Å². The molecular weight excluding hydrogens is 294 g/mol. The van der Waals surface area contributed by atoms with Crippen molar-refractivity contribution < 1.29 is 5.11 Å². The van der Waals surface area contributed by atoms with E-state index < -0.39 is 0 Å². The van der Waals surface area contributed by atoms with Gasteiger partial charge in [-0.15, -0.1) is 0 Å². The van der Waals surface area contributed by atoms with Crippen LogP contribution in [-0.2, 0) is 0 Å². The van der Waals surface area contributed by atoms with Gasteiger partial charge in [-0.1, -0.05) is 59.7 Å². The number of hydrogen-bond donors (Lipinski definition) is 1. The van der Waals surface area contributed by atoms with Crippen LogP contribution in [0.5, 0.6) is 5.75 Å². The maximum Gasteiger partial charge on any atom is 0.145 e. The molecule has 1 heterocycles. The molecular formula is C22H33NO. The quantitative estimate of drug-likeness (QED) is 0.671.